The standard InChI is InChI=1S/C19H17IN4O/c1-11-9-15(14-7-5-4-6-8-14)18-19(21-11)25-16(22-18)10-24-13(3)17(20)12(2)23-24/h4-9H,10H2,1-3H3. The van der Waals surface area contributed by atoms with Crippen molar-refractivity contribution in [1.29, 1.82) is 0 Å². The van der Waals surface area contributed by atoms with Crippen LogP contribution in [0.15, 0.2) is 40.8 Å². The van der Waals surface area contributed by atoms with Gasteiger partial charge in [-0.15, -0.1) is 0 Å². The van der Waals surface area contributed by atoms with Crippen molar-refractivity contribution in [2.75, 3.05) is 0 Å². The minimum absolute atomic E-state index is 0.499. The highest BCUT2D eigenvalue weighted by molar-refractivity contribution is 14.1. The molecular formula is C19H17IN4O. The van der Waals surface area contributed by atoms with Crippen LogP contribution in [0.1, 0.15) is 23.0 Å². The first kappa shape index (κ1) is 16.3. The van der Waals surface area contributed by atoms with Crippen molar-refractivity contribution < 1.29 is 4.42 Å². The number of oxazole rings is 1. The highest BCUT2D eigenvalue weighted by Gasteiger charge is 2.16. The first-order valence-electron chi connectivity index (χ1n) is 8.05. The zero-order valence-corrected chi connectivity index (χ0v) is 16.4. The van der Waals surface area contributed by atoms with Crippen molar-refractivity contribution in [3.63, 3.8) is 0 Å². The molecule has 5 nitrogen and oxygen atoms in total. The van der Waals surface area contributed by atoms with Gasteiger partial charge in [0.15, 0.2) is 0 Å². The summed E-state index contributed by atoms with van der Waals surface area (Å²) in [6, 6.07) is 12.3. The summed E-state index contributed by atoms with van der Waals surface area (Å²) in [5.41, 5.74) is 6.57. The number of hydrogen-bond acceptors (Lipinski definition) is 4. The molecule has 0 N–H and O–H groups in total. The number of hydrogen-bond donors (Lipinski definition) is 0. The van der Waals surface area contributed by atoms with Gasteiger partial charge in [-0.25, -0.2) is 9.97 Å². The third-order valence-electron chi connectivity index (χ3n) is 4.20. The molecule has 0 aliphatic heterocycles. The van der Waals surface area contributed by atoms with Crippen molar-refractivity contribution in [3.8, 4) is 11.1 Å². The second kappa shape index (κ2) is 6.25. The Morgan fingerprint density at radius 2 is 1.84 bits per heavy atom. The number of rotatable bonds is 3. The van der Waals surface area contributed by atoms with E-state index in [9.17, 15) is 0 Å². The minimum atomic E-state index is 0.499. The van der Waals surface area contributed by atoms with Gasteiger partial charge in [0.25, 0.3) is 0 Å². The van der Waals surface area contributed by atoms with E-state index in [1.807, 2.05) is 36.7 Å². The van der Waals surface area contributed by atoms with Gasteiger partial charge in [-0.2, -0.15) is 5.10 Å². The summed E-state index contributed by atoms with van der Waals surface area (Å²) in [6.45, 7) is 6.54. The molecule has 3 heterocycles. The minimum Gasteiger partial charge on any atom is -0.420 e. The summed E-state index contributed by atoms with van der Waals surface area (Å²) in [5, 5.41) is 4.56. The van der Waals surface area contributed by atoms with E-state index in [-0.39, 0.29) is 0 Å². The molecular weight excluding hydrogens is 427 g/mol. The lowest BCUT2D eigenvalue weighted by atomic mass is 10.1. The van der Waals surface area contributed by atoms with Crippen LogP contribution in [0.5, 0.6) is 0 Å². The second-order valence-electron chi connectivity index (χ2n) is 6.08. The van der Waals surface area contributed by atoms with Gasteiger partial charge in [-0.1, -0.05) is 30.3 Å². The number of halogens is 1. The van der Waals surface area contributed by atoms with Gasteiger partial charge in [0.2, 0.25) is 11.6 Å². The zero-order valence-electron chi connectivity index (χ0n) is 14.2. The van der Waals surface area contributed by atoms with Crippen LogP contribution in [0.2, 0.25) is 0 Å². The molecule has 0 radical (unpaired) electrons. The van der Waals surface area contributed by atoms with E-state index in [1.54, 1.807) is 0 Å². The molecule has 0 spiro atoms. The predicted molar refractivity (Wildman–Crippen MR) is 105 cm³/mol. The summed E-state index contributed by atoms with van der Waals surface area (Å²) < 4.78 is 9.03. The molecule has 0 amide bonds. The number of nitrogens with zero attached hydrogens (tertiary/aromatic N) is 4. The van der Waals surface area contributed by atoms with Crippen LogP contribution >= 0.6 is 22.6 Å². The Kier molecular flexibility index (Phi) is 4.07. The molecule has 0 fully saturated rings. The predicted octanol–water partition coefficient (Wildman–Crippen LogP) is 4.66. The molecule has 4 rings (SSSR count). The first-order chi connectivity index (χ1) is 12.0. The monoisotopic (exact) mass is 444 g/mol. The molecule has 0 saturated carbocycles. The lowest BCUT2D eigenvalue weighted by Crippen LogP contribution is -2.04. The third-order valence-corrected chi connectivity index (χ3v) is 5.76. The molecule has 0 aliphatic carbocycles. The Morgan fingerprint density at radius 3 is 2.52 bits per heavy atom. The van der Waals surface area contributed by atoms with Crippen molar-refractivity contribution in [2.45, 2.75) is 27.3 Å². The molecule has 0 unspecified atom stereocenters. The van der Waals surface area contributed by atoms with Crippen LogP contribution in [0.25, 0.3) is 22.4 Å². The van der Waals surface area contributed by atoms with Crippen LogP contribution in [-0.4, -0.2) is 19.7 Å². The Labute approximate surface area is 159 Å². The van der Waals surface area contributed by atoms with Crippen molar-refractivity contribution in [3.05, 3.63) is 62.9 Å². The van der Waals surface area contributed by atoms with Crippen molar-refractivity contribution in [1.82, 2.24) is 19.7 Å². The van der Waals surface area contributed by atoms with Gasteiger partial charge in [0.1, 0.15) is 12.1 Å². The molecule has 0 bridgehead atoms. The van der Waals surface area contributed by atoms with E-state index < -0.39 is 0 Å². The Hall–Kier alpha value is -2.22. The van der Waals surface area contributed by atoms with Gasteiger partial charge in [-0.3, -0.25) is 4.68 Å². The molecule has 6 heteroatoms. The molecule has 25 heavy (non-hydrogen) atoms. The van der Waals surface area contributed by atoms with Crippen LogP contribution in [0, 0.1) is 24.3 Å². The summed E-state index contributed by atoms with van der Waals surface area (Å²) in [6.07, 6.45) is 0. The fraction of sp³-hybridized carbons (Fsp3) is 0.211. The lowest BCUT2D eigenvalue weighted by Gasteiger charge is -2.02. The summed E-state index contributed by atoms with van der Waals surface area (Å²) in [4.78, 5) is 9.22. The average Bonchev–Trinajstić information content (AvgIpc) is 3.11. The highest BCUT2D eigenvalue weighted by atomic mass is 127. The maximum absolute atomic E-state index is 5.93. The Bertz CT molecular complexity index is 1070. The summed E-state index contributed by atoms with van der Waals surface area (Å²) in [7, 11) is 0. The Balaban J connectivity index is 1.81. The van der Waals surface area contributed by atoms with Gasteiger partial charge in [0.05, 0.1) is 9.26 Å². The van der Waals surface area contributed by atoms with Crippen LogP contribution in [0.4, 0.5) is 0 Å². The topological polar surface area (TPSA) is 56.7 Å². The van der Waals surface area contributed by atoms with Gasteiger partial charge in [-0.05, 0) is 55.0 Å². The highest BCUT2D eigenvalue weighted by Crippen LogP contribution is 2.29. The maximum Gasteiger partial charge on any atom is 0.247 e. The zero-order chi connectivity index (χ0) is 17.6. The van der Waals surface area contributed by atoms with Crippen LogP contribution < -0.4 is 0 Å². The van der Waals surface area contributed by atoms with E-state index in [0.29, 0.717) is 18.1 Å². The molecule has 0 aliphatic rings. The quantitative estimate of drug-likeness (QED) is 0.432. The van der Waals surface area contributed by atoms with Gasteiger partial charge in [0, 0.05) is 17.0 Å². The number of aryl methyl sites for hydroxylation is 2. The first-order valence-corrected chi connectivity index (χ1v) is 9.13. The lowest BCUT2D eigenvalue weighted by molar-refractivity contribution is 0.480. The summed E-state index contributed by atoms with van der Waals surface area (Å²) >= 11 is 2.32. The average molecular weight is 444 g/mol. The largest absolute Gasteiger partial charge is 0.420 e. The van der Waals surface area contributed by atoms with E-state index in [0.717, 1.165) is 33.7 Å². The van der Waals surface area contributed by atoms with Crippen LogP contribution in [0.3, 0.4) is 0 Å². The third kappa shape index (κ3) is 2.95. The van der Waals surface area contributed by atoms with Gasteiger partial charge < -0.3 is 4.42 Å². The van der Waals surface area contributed by atoms with Crippen LogP contribution in [-0.2, 0) is 6.54 Å². The van der Waals surface area contributed by atoms with Crippen molar-refractivity contribution >= 4 is 33.8 Å². The fourth-order valence-corrected chi connectivity index (χ4v) is 3.33. The van der Waals surface area contributed by atoms with E-state index in [1.165, 1.54) is 3.57 Å². The van der Waals surface area contributed by atoms with E-state index in [4.69, 9.17) is 9.40 Å². The van der Waals surface area contributed by atoms with E-state index >= 15 is 0 Å². The second-order valence-corrected chi connectivity index (χ2v) is 7.16. The maximum atomic E-state index is 5.93. The number of fused-ring (bicyclic) bond motifs is 1. The molecule has 4 aromatic rings. The number of benzene rings is 1. The molecule has 126 valence electrons. The van der Waals surface area contributed by atoms with E-state index in [2.05, 4.69) is 57.8 Å². The normalized spacial score (nSPS) is 11.4. The SMILES string of the molecule is Cc1cc(-c2ccccc2)c2nc(Cn3nc(C)c(I)c3C)oc2n1. The summed E-state index contributed by atoms with van der Waals surface area (Å²) in [5.74, 6) is 0.618. The fourth-order valence-electron chi connectivity index (χ4n) is 2.94. The molecule has 0 atom stereocenters. The smallest absolute Gasteiger partial charge is 0.247 e. The number of aromatic nitrogens is 4. The van der Waals surface area contributed by atoms with Gasteiger partial charge >= 0.3 is 0 Å². The Morgan fingerprint density at radius 1 is 1.08 bits per heavy atom. The molecule has 3 aromatic heterocycles. The molecule has 0 saturated heterocycles. The van der Waals surface area contributed by atoms with Crippen molar-refractivity contribution in [2.24, 2.45) is 0 Å². The number of pyridine rings is 1. The molecule has 1 aromatic carbocycles.